The topological polar surface area (TPSA) is 75.3 Å². The van der Waals surface area contributed by atoms with E-state index in [0.29, 0.717) is 12.5 Å². The fraction of sp³-hybridized carbons (Fsp3) is 0.600. The predicted molar refractivity (Wildman–Crippen MR) is 68.4 cm³/mol. The molecule has 16 heavy (non-hydrogen) atoms. The van der Waals surface area contributed by atoms with Gasteiger partial charge in [0.05, 0.1) is 16.7 Å². The average molecular weight is 241 g/mol. The van der Waals surface area contributed by atoms with E-state index in [0.717, 1.165) is 10.7 Å². The Morgan fingerprint density at radius 1 is 1.56 bits per heavy atom. The minimum atomic E-state index is 0.160. The highest BCUT2D eigenvalue weighted by atomic mass is 32.1. The van der Waals surface area contributed by atoms with E-state index in [2.05, 4.69) is 27.6 Å². The molecule has 0 aliphatic carbocycles. The molecule has 0 amide bonds. The quantitative estimate of drug-likeness (QED) is 0.322. The van der Waals surface area contributed by atoms with E-state index in [1.807, 2.05) is 20.8 Å². The number of hydrogen-bond acceptors (Lipinski definition) is 4. The van der Waals surface area contributed by atoms with Crippen LogP contribution < -0.4 is 16.6 Å². The highest BCUT2D eigenvalue weighted by molar-refractivity contribution is 7.11. The fourth-order valence-corrected chi connectivity index (χ4v) is 2.44. The summed E-state index contributed by atoms with van der Waals surface area (Å²) in [6, 6.07) is 0.160. The Labute approximate surface area is 100 Å². The summed E-state index contributed by atoms with van der Waals surface area (Å²) < 4.78 is 0. The molecule has 1 atom stereocenters. The van der Waals surface area contributed by atoms with Crippen molar-refractivity contribution in [3.8, 4) is 0 Å². The van der Waals surface area contributed by atoms with Crippen molar-refractivity contribution in [2.45, 2.75) is 33.7 Å². The lowest BCUT2D eigenvalue weighted by atomic mass is 10.2. The van der Waals surface area contributed by atoms with Crippen LogP contribution in [0.15, 0.2) is 4.99 Å². The molecular formula is C10H19N5S. The summed E-state index contributed by atoms with van der Waals surface area (Å²) in [4.78, 5) is 9.82. The summed E-state index contributed by atoms with van der Waals surface area (Å²) in [5.41, 5.74) is 3.62. The molecule has 0 aromatic carbocycles. The van der Waals surface area contributed by atoms with Crippen LogP contribution in [0.25, 0.3) is 0 Å². The zero-order valence-corrected chi connectivity index (χ0v) is 11.0. The largest absolute Gasteiger partial charge is 0.348 e. The Morgan fingerprint density at radius 2 is 2.25 bits per heavy atom. The molecule has 0 fully saturated rings. The van der Waals surface area contributed by atoms with Crippen molar-refractivity contribution in [3.05, 3.63) is 15.6 Å². The van der Waals surface area contributed by atoms with E-state index < -0.39 is 0 Å². The van der Waals surface area contributed by atoms with E-state index >= 15 is 0 Å². The molecule has 1 heterocycles. The number of nitrogens with zero attached hydrogens (tertiary/aromatic N) is 2. The van der Waals surface area contributed by atoms with E-state index in [9.17, 15) is 0 Å². The number of aliphatic imine (C=N–C) groups is 1. The maximum atomic E-state index is 5.37. The number of hydrazine groups is 1. The van der Waals surface area contributed by atoms with Gasteiger partial charge >= 0.3 is 0 Å². The fourth-order valence-electron chi connectivity index (χ4n) is 1.51. The van der Waals surface area contributed by atoms with Crippen LogP contribution in [0.5, 0.6) is 0 Å². The van der Waals surface area contributed by atoms with Crippen LogP contribution in [0.3, 0.4) is 0 Å². The van der Waals surface area contributed by atoms with Gasteiger partial charge in [0.1, 0.15) is 0 Å². The van der Waals surface area contributed by atoms with Crippen molar-refractivity contribution in [1.82, 2.24) is 15.7 Å². The smallest absolute Gasteiger partial charge is 0.206 e. The van der Waals surface area contributed by atoms with Crippen molar-refractivity contribution in [3.63, 3.8) is 0 Å². The standard InChI is InChI=1S/C10H19N5S/c1-5-12-10(15-11)14-7(3)9-6(2)13-8(4)16-9/h7H,5,11H2,1-4H3,(H2,12,14,15). The summed E-state index contributed by atoms with van der Waals surface area (Å²) in [6.07, 6.45) is 0. The molecule has 0 saturated heterocycles. The minimum absolute atomic E-state index is 0.160. The molecule has 0 spiro atoms. The second-order valence-corrected chi connectivity index (χ2v) is 4.75. The molecule has 1 aromatic rings. The van der Waals surface area contributed by atoms with Crippen LogP contribution in [0.1, 0.15) is 35.5 Å². The molecule has 4 N–H and O–H groups in total. The molecule has 5 nitrogen and oxygen atoms in total. The van der Waals surface area contributed by atoms with Gasteiger partial charge in [-0.15, -0.1) is 11.3 Å². The van der Waals surface area contributed by atoms with Crippen molar-refractivity contribution in [1.29, 1.82) is 0 Å². The van der Waals surface area contributed by atoms with Crippen molar-refractivity contribution >= 4 is 17.3 Å². The van der Waals surface area contributed by atoms with Gasteiger partial charge in [-0.3, -0.25) is 10.4 Å². The maximum Gasteiger partial charge on any atom is 0.206 e. The third-order valence-corrected chi connectivity index (χ3v) is 3.39. The first-order chi connectivity index (χ1) is 7.58. The summed E-state index contributed by atoms with van der Waals surface area (Å²) >= 11 is 1.70. The van der Waals surface area contributed by atoms with Crippen LogP contribution in [0.4, 0.5) is 0 Å². The number of thiazole rings is 1. The first kappa shape index (κ1) is 12.9. The lowest BCUT2D eigenvalue weighted by molar-refractivity contribution is 0.695. The Morgan fingerprint density at radius 3 is 2.69 bits per heavy atom. The molecular weight excluding hydrogens is 222 g/mol. The van der Waals surface area contributed by atoms with Gasteiger partial charge in [-0.1, -0.05) is 0 Å². The summed E-state index contributed by atoms with van der Waals surface area (Å²) in [5, 5.41) is 4.30. The van der Waals surface area contributed by atoms with Gasteiger partial charge in [0.2, 0.25) is 5.96 Å². The number of hydrogen-bond donors (Lipinski definition) is 3. The van der Waals surface area contributed by atoms with Crippen LogP contribution in [-0.2, 0) is 0 Å². The second-order valence-electron chi connectivity index (χ2n) is 3.52. The number of nitrogens with one attached hydrogen (secondary N) is 2. The SMILES string of the molecule is CCN=C(NN)NC(C)c1sc(C)nc1C. The molecule has 0 radical (unpaired) electrons. The van der Waals surface area contributed by atoms with Crippen LogP contribution in [0, 0.1) is 13.8 Å². The van der Waals surface area contributed by atoms with E-state index in [4.69, 9.17) is 5.84 Å². The number of guanidine groups is 1. The van der Waals surface area contributed by atoms with Crippen LogP contribution >= 0.6 is 11.3 Å². The first-order valence-electron chi connectivity index (χ1n) is 5.30. The van der Waals surface area contributed by atoms with E-state index in [1.54, 1.807) is 11.3 Å². The summed E-state index contributed by atoms with van der Waals surface area (Å²) in [5.74, 6) is 5.98. The number of nitrogens with two attached hydrogens (primary N) is 1. The Hall–Kier alpha value is -1.14. The third kappa shape index (κ3) is 3.18. The summed E-state index contributed by atoms with van der Waals surface area (Å²) in [6.45, 7) is 8.76. The Bertz CT molecular complexity index is 371. The van der Waals surface area contributed by atoms with Gasteiger partial charge in [-0.25, -0.2) is 10.8 Å². The summed E-state index contributed by atoms with van der Waals surface area (Å²) in [7, 11) is 0. The molecule has 0 saturated carbocycles. The van der Waals surface area contributed by atoms with Crippen LogP contribution in [-0.4, -0.2) is 17.5 Å². The first-order valence-corrected chi connectivity index (χ1v) is 6.11. The number of rotatable bonds is 3. The van der Waals surface area contributed by atoms with Crippen molar-refractivity contribution in [2.75, 3.05) is 6.54 Å². The third-order valence-electron chi connectivity index (χ3n) is 2.14. The van der Waals surface area contributed by atoms with Crippen molar-refractivity contribution in [2.24, 2.45) is 10.8 Å². The molecule has 1 rings (SSSR count). The Kier molecular flexibility index (Phi) is 4.70. The molecule has 0 bridgehead atoms. The normalized spacial score (nSPS) is 13.7. The van der Waals surface area contributed by atoms with E-state index in [1.165, 1.54) is 4.88 Å². The molecule has 0 aliphatic heterocycles. The Balaban J connectivity index is 2.75. The predicted octanol–water partition coefficient (Wildman–Crippen LogP) is 1.25. The second kappa shape index (κ2) is 5.81. The van der Waals surface area contributed by atoms with E-state index in [-0.39, 0.29) is 6.04 Å². The minimum Gasteiger partial charge on any atom is -0.348 e. The van der Waals surface area contributed by atoms with Gasteiger partial charge < -0.3 is 5.32 Å². The molecule has 1 unspecified atom stereocenters. The molecule has 0 aliphatic rings. The van der Waals surface area contributed by atoms with Gasteiger partial charge in [0.25, 0.3) is 0 Å². The average Bonchev–Trinajstić information content (AvgIpc) is 2.57. The highest BCUT2D eigenvalue weighted by Gasteiger charge is 2.13. The zero-order chi connectivity index (χ0) is 12.1. The van der Waals surface area contributed by atoms with Crippen molar-refractivity contribution < 1.29 is 0 Å². The molecule has 6 heteroatoms. The zero-order valence-electron chi connectivity index (χ0n) is 10.2. The van der Waals surface area contributed by atoms with Gasteiger partial charge in [-0.05, 0) is 27.7 Å². The van der Waals surface area contributed by atoms with Gasteiger partial charge in [-0.2, -0.15) is 0 Å². The monoisotopic (exact) mass is 241 g/mol. The molecule has 1 aromatic heterocycles. The lowest BCUT2D eigenvalue weighted by Crippen LogP contribution is -2.42. The van der Waals surface area contributed by atoms with Gasteiger partial charge in [0.15, 0.2) is 0 Å². The maximum absolute atomic E-state index is 5.37. The number of aromatic nitrogens is 1. The highest BCUT2D eigenvalue weighted by Crippen LogP contribution is 2.24. The lowest BCUT2D eigenvalue weighted by Gasteiger charge is -2.15. The number of aryl methyl sites for hydroxylation is 2. The molecule has 90 valence electrons. The van der Waals surface area contributed by atoms with Crippen LogP contribution in [0.2, 0.25) is 0 Å². The van der Waals surface area contributed by atoms with Gasteiger partial charge in [0, 0.05) is 11.4 Å².